The first-order valence-electron chi connectivity index (χ1n) is 6.51. The highest BCUT2D eigenvalue weighted by atomic mass is 79.9. The van der Waals surface area contributed by atoms with E-state index in [9.17, 15) is 4.39 Å². The van der Waals surface area contributed by atoms with E-state index in [1.807, 2.05) is 32.0 Å². The van der Waals surface area contributed by atoms with Gasteiger partial charge in [-0.15, -0.1) is 0 Å². The molecule has 0 amide bonds. The molecule has 0 aliphatic heterocycles. The van der Waals surface area contributed by atoms with Gasteiger partial charge in [0.25, 0.3) is 0 Å². The lowest BCUT2D eigenvalue weighted by molar-refractivity contribution is 0.341. The Bertz CT molecular complexity index is 601. The first kappa shape index (κ1) is 14.9. The summed E-state index contributed by atoms with van der Waals surface area (Å²) in [6.07, 6.45) is 0. The number of anilines is 1. The zero-order chi connectivity index (χ0) is 14.5. The van der Waals surface area contributed by atoms with Gasteiger partial charge in [-0.05, 0) is 65.2 Å². The van der Waals surface area contributed by atoms with E-state index in [4.69, 9.17) is 4.74 Å². The maximum absolute atomic E-state index is 13.2. The van der Waals surface area contributed by atoms with E-state index in [2.05, 4.69) is 21.2 Å². The van der Waals surface area contributed by atoms with Crippen molar-refractivity contribution in [2.75, 3.05) is 11.9 Å². The number of benzene rings is 2. The van der Waals surface area contributed by atoms with E-state index in [0.29, 0.717) is 17.6 Å². The second-order valence-electron chi connectivity index (χ2n) is 4.53. The van der Waals surface area contributed by atoms with Crippen LogP contribution in [0.25, 0.3) is 0 Å². The van der Waals surface area contributed by atoms with Crippen LogP contribution in [0.1, 0.15) is 18.1 Å². The zero-order valence-electron chi connectivity index (χ0n) is 11.5. The molecule has 2 aromatic carbocycles. The van der Waals surface area contributed by atoms with Crippen LogP contribution in [-0.2, 0) is 6.54 Å². The molecule has 0 radical (unpaired) electrons. The van der Waals surface area contributed by atoms with Crippen molar-refractivity contribution in [3.05, 3.63) is 57.8 Å². The van der Waals surface area contributed by atoms with Gasteiger partial charge in [-0.25, -0.2) is 4.39 Å². The molecule has 0 aromatic heterocycles. The van der Waals surface area contributed by atoms with E-state index < -0.39 is 0 Å². The molecule has 0 atom stereocenters. The summed E-state index contributed by atoms with van der Waals surface area (Å²) < 4.78 is 19.3. The van der Waals surface area contributed by atoms with Crippen molar-refractivity contribution < 1.29 is 9.13 Å². The highest BCUT2D eigenvalue weighted by Gasteiger charge is 2.05. The molecule has 0 fully saturated rings. The summed E-state index contributed by atoms with van der Waals surface area (Å²) in [7, 11) is 0. The number of hydrogen-bond donors (Lipinski definition) is 1. The van der Waals surface area contributed by atoms with Gasteiger partial charge in [0, 0.05) is 6.54 Å². The van der Waals surface area contributed by atoms with Crippen molar-refractivity contribution in [3.8, 4) is 5.75 Å². The Balaban J connectivity index is 2.11. The van der Waals surface area contributed by atoms with Gasteiger partial charge < -0.3 is 10.1 Å². The smallest absolute Gasteiger partial charge is 0.142 e. The summed E-state index contributed by atoms with van der Waals surface area (Å²) in [5, 5.41) is 3.32. The molecule has 0 heterocycles. The van der Waals surface area contributed by atoms with E-state index in [1.54, 1.807) is 12.1 Å². The molecule has 1 N–H and O–H groups in total. The predicted octanol–water partition coefficient (Wildman–Crippen LogP) is 4.91. The van der Waals surface area contributed by atoms with Crippen molar-refractivity contribution in [1.29, 1.82) is 0 Å². The normalized spacial score (nSPS) is 10.4. The SMILES string of the molecule is CCOc1cc(C)ccc1NCc1ccc(F)c(Br)c1. The number of hydrogen-bond acceptors (Lipinski definition) is 2. The van der Waals surface area contributed by atoms with Gasteiger partial charge in [0.15, 0.2) is 0 Å². The second-order valence-corrected chi connectivity index (χ2v) is 5.39. The molecule has 0 aliphatic carbocycles. The molecule has 0 saturated heterocycles. The van der Waals surface area contributed by atoms with Crippen LogP contribution in [0.5, 0.6) is 5.75 Å². The van der Waals surface area contributed by atoms with Crippen LogP contribution in [0.3, 0.4) is 0 Å². The van der Waals surface area contributed by atoms with Crippen LogP contribution in [0.15, 0.2) is 40.9 Å². The summed E-state index contributed by atoms with van der Waals surface area (Å²) in [6, 6.07) is 11.0. The number of nitrogens with one attached hydrogen (secondary N) is 1. The van der Waals surface area contributed by atoms with Crippen molar-refractivity contribution in [2.45, 2.75) is 20.4 Å². The maximum Gasteiger partial charge on any atom is 0.142 e. The van der Waals surface area contributed by atoms with E-state index in [0.717, 1.165) is 22.6 Å². The van der Waals surface area contributed by atoms with Gasteiger partial charge >= 0.3 is 0 Å². The highest BCUT2D eigenvalue weighted by molar-refractivity contribution is 9.10. The molecule has 4 heteroatoms. The van der Waals surface area contributed by atoms with Gasteiger partial charge in [-0.2, -0.15) is 0 Å². The molecule has 0 bridgehead atoms. The highest BCUT2D eigenvalue weighted by Crippen LogP contribution is 2.26. The molecular weight excluding hydrogens is 321 g/mol. The largest absolute Gasteiger partial charge is 0.492 e. The summed E-state index contributed by atoms with van der Waals surface area (Å²) in [6.45, 7) is 5.23. The van der Waals surface area contributed by atoms with Crippen molar-refractivity contribution in [2.24, 2.45) is 0 Å². The molecule has 0 spiro atoms. The molecule has 0 unspecified atom stereocenters. The summed E-state index contributed by atoms with van der Waals surface area (Å²) in [5.74, 6) is 0.591. The van der Waals surface area contributed by atoms with Gasteiger partial charge in [0.2, 0.25) is 0 Å². The van der Waals surface area contributed by atoms with E-state index >= 15 is 0 Å². The minimum absolute atomic E-state index is 0.251. The Labute approximate surface area is 127 Å². The van der Waals surface area contributed by atoms with Crippen molar-refractivity contribution in [3.63, 3.8) is 0 Å². The third-order valence-electron chi connectivity index (χ3n) is 2.90. The van der Waals surface area contributed by atoms with Crippen LogP contribution >= 0.6 is 15.9 Å². The third-order valence-corrected chi connectivity index (χ3v) is 3.51. The zero-order valence-corrected chi connectivity index (χ0v) is 13.1. The molecule has 0 aliphatic rings. The lowest BCUT2D eigenvalue weighted by Gasteiger charge is -2.13. The van der Waals surface area contributed by atoms with Crippen molar-refractivity contribution >= 4 is 21.6 Å². The van der Waals surface area contributed by atoms with Crippen LogP contribution in [-0.4, -0.2) is 6.61 Å². The maximum atomic E-state index is 13.2. The van der Waals surface area contributed by atoms with Crippen LogP contribution in [0.2, 0.25) is 0 Å². The molecule has 106 valence electrons. The molecule has 2 nitrogen and oxygen atoms in total. The van der Waals surface area contributed by atoms with Crippen LogP contribution < -0.4 is 10.1 Å². The summed E-state index contributed by atoms with van der Waals surface area (Å²) in [5.41, 5.74) is 3.10. The fourth-order valence-electron chi connectivity index (χ4n) is 1.90. The fourth-order valence-corrected chi connectivity index (χ4v) is 2.32. The lowest BCUT2D eigenvalue weighted by Crippen LogP contribution is -2.03. The predicted molar refractivity (Wildman–Crippen MR) is 83.8 cm³/mol. The number of halogens is 2. The Hall–Kier alpha value is -1.55. The van der Waals surface area contributed by atoms with E-state index in [-0.39, 0.29) is 5.82 Å². The Morgan fingerprint density at radius 1 is 1.20 bits per heavy atom. The molecule has 2 rings (SSSR count). The van der Waals surface area contributed by atoms with Crippen LogP contribution in [0, 0.1) is 12.7 Å². The average molecular weight is 338 g/mol. The Morgan fingerprint density at radius 3 is 2.70 bits per heavy atom. The van der Waals surface area contributed by atoms with Crippen LogP contribution in [0.4, 0.5) is 10.1 Å². The fraction of sp³-hybridized carbons (Fsp3) is 0.250. The minimum atomic E-state index is -0.251. The topological polar surface area (TPSA) is 21.3 Å². The third kappa shape index (κ3) is 3.73. The van der Waals surface area contributed by atoms with Gasteiger partial charge in [-0.3, -0.25) is 0 Å². The molecule has 2 aromatic rings. The number of ether oxygens (including phenoxy) is 1. The molecular formula is C16H17BrFNO. The van der Waals surface area contributed by atoms with Gasteiger partial charge in [-0.1, -0.05) is 12.1 Å². The first-order valence-corrected chi connectivity index (χ1v) is 7.30. The summed E-state index contributed by atoms with van der Waals surface area (Å²) in [4.78, 5) is 0. The monoisotopic (exact) mass is 337 g/mol. The molecule has 20 heavy (non-hydrogen) atoms. The average Bonchev–Trinajstić information content (AvgIpc) is 2.42. The number of rotatable bonds is 5. The Morgan fingerprint density at radius 2 is 2.00 bits per heavy atom. The molecule has 0 saturated carbocycles. The minimum Gasteiger partial charge on any atom is -0.492 e. The van der Waals surface area contributed by atoms with E-state index in [1.165, 1.54) is 6.07 Å². The standard InChI is InChI=1S/C16H17BrFNO/c1-3-20-16-8-11(2)4-7-15(16)19-10-12-5-6-14(18)13(17)9-12/h4-9,19H,3,10H2,1-2H3. The summed E-state index contributed by atoms with van der Waals surface area (Å²) >= 11 is 3.19. The lowest BCUT2D eigenvalue weighted by atomic mass is 10.2. The quantitative estimate of drug-likeness (QED) is 0.837. The van der Waals surface area contributed by atoms with Gasteiger partial charge in [0.05, 0.1) is 16.8 Å². The second kappa shape index (κ2) is 6.75. The number of aryl methyl sites for hydroxylation is 1. The first-order chi connectivity index (χ1) is 9.60. The van der Waals surface area contributed by atoms with Crippen molar-refractivity contribution in [1.82, 2.24) is 0 Å². The van der Waals surface area contributed by atoms with Gasteiger partial charge in [0.1, 0.15) is 11.6 Å². The Kier molecular flexibility index (Phi) is 5.01.